The van der Waals surface area contributed by atoms with Gasteiger partial charge in [0, 0.05) is 17.2 Å². The van der Waals surface area contributed by atoms with E-state index < -0.39 is 23.5 Å². The van der Waals surface area contributed by atoms with Gasteiger partial charge in [-0.05, 0) is 24.1 Å². The van der Waals surface area contributed by atoms with Crippen LogP contribution in [-0.2, 0) is 6.42 Å². The fourth-order valence-electron chi connectivity index (χ4n) is 2.89. The Kier molecular flexibility index (Phi) is 3.82. The number of hydrogen-bond donors (Lipinski definition) is 2. The molecule has 23 heavy (non-hydrogen) atoms. The smallest absolute Gasteiger partial charge is 0.243 e. The van der Waals surface area contributed by atoms with Gasteiger partial charge in [0.1, 0.15) is 5.92 Å². The van der Waals surface area contributed by atoms with Crippen molar-refractivity contribution < 1.29 is 13.5 Å². The number of aryl methyl sites for hydroxylation is 1. The summed E-state index contributed by atoms with van der Waals surface area (Å²) in [6, 6.07) is 5.55. The van der Waals surface area contributed by atoms with Gasteiger partial charge in [-0.1, -0.05) is 19.4 Å². The summed E-state index contributed by atoms with van der Waals surface area (Å²) < 4.78 is 32.2. The fourth-order valence-corrected chi connectivity index (χ4v) is 2.89. The third-order valence-electron chi connectivity index (χ3n) is 3.92. The number of aromatic amines is 1. The molecule has 1 aromatic heterocycles. The summed E-state index contributed by atoms with van der Waals surface area (Å²) in [7, 11) is 0. The van der Waals surface area contributed by atoms with Crippen LogP contribution in [0.1, 0.15) is 36.1 Å². The van der Waals surface area contributed by atoms with Crippen LogP contribution < -0.4 is 4.74 Å². The normalized spacial score (nSPS) is 19.8. The fraction of sp³-hybridized carbons (Fsp3) is 0.312. The van der Waals surface area contributed by atoms with Crippen LogP contribution >= 0.6 is 0 Å². The van der Waals surface area contributed by atoms with Gasteiger partial charge >= 0.3 is 0 Å². The largest absolute Gasteiger partial charge is 0.422 e. The average Bonchev–Trinajstić information content (AvgIpc) is 2.91. The second kappa shape index (κ2) is 5.80. The Labute approximate surface area is 131 Å². The van der Waals surface area contributed by atoms with E-state index in [1.54, 1.807) is 0 Å². The first-order valence-corrected chi connectivity index (χ1v) is 7.24. The number of nitrogens with zero attached hydrogens (tertiary/aromatic N) is 2. The third-order valence-corrected chi connectivity index (χ3v) is 3.92. The van der Waals surface area contributed by atoms with E-state index in [0.717, 1.165) is 24.2 Å². The second-order valence-electron chi connectivity index (χ2n) is 5.40. The van der Waals surface area contributed by atoms with Crippen molar-refractivity contribution in [3.05, 3.63) is 46.7 Å². The van der Waals surface area contributed by atoms with Crippen LogP contribution in [0.3, 0.4) is 0 Å². The average molecular weight is 316 g/mol. The van der Waals surface area contributed by atoms with Crippen molar-refractivity contribution in [3.63, 3.8) is 0 Å². The van der Waals surface area contributed by atoms with Crippen molar-refractivity contribution in [1.82, 2.24) is 10.2 Å². The Bertz CT molecular complexity index is 809. The molecule has 3 rings (SSSR count). The van der Waals surface area contributed by atoms with Crippen molar-refractivity contribution in [2.75, 3.05) is 0 Å². The van der Waals surface area contributed by atoms with Gasteiger partial charge in [-0.15, -0.1) is 5.10 Å². The van der Waals surface area contributed by atoms with Crippen molar-refractivity contribution in [2.45, 2.75) is 25.7 Å². The lowest BCUT2D eigenvalue weighted by atomic mass is 9.79. The maximum absolute atomic E-state index is 13.6. The topological polar surface area (TPSA) is 85.5 Å². The Hall–Kier alpha value is -2.75. The van der Waals surface area contributed by atoms with E-state index >= 15 is 0 Å². The van der Waals surface area contributed by atoms with E-state index in [1.165, 1.54) is 6.07 Å². The summed E-state index contributed by atoms with van der Waals surface area (Å²) >= 11 is 0. The molecule has 2 aromatic rings. The molecule has 0 aliphatic carbocycles. The molecule has 1 aliphatic heterocycles. The molecule has 0 radical (unpaired) electrons. The van der Waals surface area contributed by atoms with Crippen molar-refractivity contribution in [3.8, 4) is 11.9 Å². The summed E-state index contributed by atoms with van der Waals surface area (Å²) in [4.78, 5) is 0. The standard InChI is InChI=1S/C16H14F2N4O/c1-2-3-12-14-13(8-4-5-10(17)11(18)6-8)9(7-19)15(20)23-16(14)22-21-12/h4-6,9,13,20H,2-3H2,1H3,(H,21,22). The van der Waals surface area contributed by atoms with E-state index in [-0.39, 0.29) is 11.8 Å². The summed E-state index contributed by atoms with van der Waals surface area (Å²) in [5.41, 5.74) is 1.84. The molecule has 0 saturated carbocycles. The third kappa shape index (κ3) is 2.46. The lowest BCUT2D eigenvalue weighted by molar-refractivity contribution is 0.434. The minimum absolute atomic E-state index is 0.222. The molecule has 2 N–H and O–H groups in total. The number of fused-ring (bicyclic) bond motifs is 1. The minimum Gasteiger partial charge on any atom is -0.422 e. The number of ether oxygens (including phenoxy) is 1. The number of halogens is 2. The first-order valence-electron chi connectivity index (χ1n) is 7.24. The number of H-pyrrole nitrogens is 1. The van der Waals surface area contributed by atoms with E-state index in [4.69, 9.17) is 10.1 Å². The zero-order valence-corrected chi connectivity index (χ0v) is 12.4. The van der Waals surface area contributed by atoms with Crippen LogP contribution in [0.4, 0.5) is 8.78 Å². The van der Waals surface area contributed by atoms with E-state index in [9.17, 15) is 14.0 Å². The molecule has 0 fully saturated rings. The van der Waals surface area contributed by atoms with Crippen LogP contribution in [0.15, 0.2) is 18.2 Å². The zero-order valence-electron chi connectivity index (χ0n) is 12.4. The van der Waals surface area contributed by atoms with Gasteiger partial charge < -0.3 is 4.74 Å². The maximum atomic E-state index is 13.6. The summed E-state index contributed by atoms with van der Waals surface area (Å²) in [6.45, 7) is 1.99. The van der Waals surface area contributed by atoms with Gasteiger partial charge in [0.15, 0.2) is 11.6 Å². The highest BCUT2D eigenvalue weighted by Gasteiger charge is 2.40. The minimum atomic E-state index is -0.987. The van der Waals surface area contributed by atoms with Crippen molar-refractivity contribution >= 4 is 5.90 Å². The van der Waals surface area contributed by atoms with Gasteiger partial charge in [-0.3, -0.25) is 10.5 Å². The number of nitrogens with one attached hydrogen (secondary N) is 2. The van der Waals surface area contributed by atoms with Crippen molar-refractivity contribution in [2.24, 2.45) is 5.92 Å². The van der Waals surface area contributed by atoms with Crippen LogP contribution in [0, 0.1) is 34.3 Å². The van der Waals surface area contributed by atoms with Gasteiger partial charge in [-0.25, -0.2) is 8.78 Å². The number of hydrogen-bond acceptors (Lipinski definition) is 4. The van der Waals surface area contributed by atoms with E-state index in [0.29, 0.717) is 17.5 Å². The lowest BCUT2D eigenvalue weighted by Gasteiger charge is -2.28. The molecule has 0 amide bonds. The van der Waals surface area contributed by atoms with Crippen LogP contribution in [0.5, 0.6) is 5.88 Å². The van der Waals surface area contributed by atoms with Crippen molar-refractivity contribution in [1.29, 1.82) is 10.7 Å². The molecular formula is C16H14F2N4O. The summed E-state index contributed by atoms with van der Waals surface area (Å²) in [5.74, 6) is -3.50. The molecule has 5 nitrogen and oxygen atoms in total. The molecule has 118 valence electrons. The summed E-state index contributed by atoms with van der Waals surface area (Å²) in [6.07, 6.45) is 1.52. The molecule has 0 spiro atoms. The first kappa shape index (κ1) is 15.2. The second-order valence-corrected chi connectivity index (χ2v) is 5.40. The van der Waals surface area contributed by atoms with Gasteiger partial charge in [0.2, 0.25) is 11.8 Å². The highest BCUT2D eigenvalue weighted by atomic mass is 19.2. The van der Waals surface area contributed by atoms with Crippen LogP contribution in [-0.4, -0.2) is 16.1 Å². The Morgan fingerprint density at radius 3 is 2.83 bits per heavy atom. The molecule has 0 saturated heterocycles. The van der Waals surface area contributed by atoms with Crippen LogP contribution in [0.25, 0.3) is 0 Å². The number of nitriles is 1. The number of rotatable bonds is 3. The SMILES string of the molecule is CCCc1[nH]nc2c1C(c1ccc(F)c(F)c1)C(C#N)C(=N)O2. The molecular weight excluding hydrogens is 302 g/mol. The molecule has 1 aromatic carbocycles. The Morgan fingerprint density at radius 1 is 1.39 bits per heavy atom. The van der Waals surface area contributed by atoms with Crippen LogP contribution in [0.2, 0.25) is 0 Å². The molecule has 7 heteroatoms. The van der Waals surface area contributed by atoms with Gasteiger partial charge in [-0.2, -0.15) is 5.26 Å². The summed E-state index contributed by atoms with van der Waals surface area (Å²) in [5, 5.41) is 24.2. The molecule has 1 aliphatic rings. The highest BCUT2D eigenvalue weighted by molar-refractivity contribution is 5.84. The first-order chi connectivity index (χ1) is 11.1. The Balaban J connectivity index is 2.19. The highest BCUT2D eigenvalue weighted by Crippen LogP contribution is 2.43. The predicted octanol–water partition coefficient (Wildman–Crippen LogP) is 3.28. The van der Waals surface area contributed by atoms with Gasteiger partial charge in [0.25, 0.3) is 0 Å². The quantitative estimate of drug-likeness (QED) is 0.911. The molecule has 2 heterocycles. The lowest BCUT2D eigenvalue weighted by Crippen LogP contribution is -2.31. The van der Waals surface area contributed by atoms with E-state index in [2.05, 4.69) is 10.2 Å². The maximum Gasteiger partial charge on any atom is 0.243 e. The predicted molar refractivity (Wildman–Crippen MR) is 78.2 cm³/mol. The molecule has 2 unspecified atom stereocenters. The molecule has 2 atom stereocenters. The zero-order chi connectivity index (χ0) is 16.6. The van der Waals surface area contributed by atoms with Gasteiger partial charge in [0.05, 0.1) is 6.07 Å². The van der Waals surface area contributed by atoms with E-state index in [1.807, 2.05) is 13.0 Å². The molecule has 0 bridgehead atoms. The Morgan fingerprint density at radius 2 is 2.17 bits per heavy atom. The number of aromatic nitrogens is 2. The monoisotopic (exact) mass is 316 g/mol. The number of benzene rings is 1.